The number of para-hydroxylation sites is 1. The van der Waals surface area contributed by atoms with Gasteiger partial charge in [0.25, 0.3) is 0 Å². The third-order valence-electron chi connectivity index (χ3n) is 2.27. The molecule has 3 nitrogen and oxygen atoms in total. The van der Waals surface area contributed by atoms with Crippen molar-refractivity contribution in [3.63, 3.8) is 0 Å². The van der Waals surface area contributed by atoms with E-state index in [4.69, 9.17) is 0 Å². The van der Waals surface area contributed by atoms with Gasteiger partial charge in [0.1, 0.15) is 16.2 Å². The SMILES string of the molecule is CCc1nc(Br)cc(Nc2c(Br)cccc2Br)n1. The lowest BCUT2D eigenvalue weighted by Gasteiger charge is -2.11. The number of nitrogens with zero attached hydrogens (tertiary/aromatic N) is 2. The standard InChI is InChI=1S/C12H10Br3N3/c1-2-10-16-9(15)6-11(17-10)18-12-7(13)4-3-5-8(12)14/h3-6H,2H2,1H3,(H,16,17,18). The highest BCUT2D eigenvalue weighted by molar-refractivity contribution is 9.11. The fourth-order valence-corrected chi connectivity index (χ4v) is 3.05. The van der Waals surface area contributed by atoms with Crippen LogP contribution >= 0.6 is 47.8 Å². The van der Waals surface area contributed by atoms with Crippen molar-refractivity contribution in [2.75, 3.05) is 5.32 Å². The summed E-state index contributed by atoms with van der Waals surface area (Å²) in [6.07, 6.45) is 0.797. The summed E-state index contributed by atoms with van der Waals surface area (Å²) in [6, 6.07) is 7.77. The fourth-order valence-electron chi connectivity index (χ4n) is 1.43. The topological polar surface area (TPSA) is 37.8 Å². The van der Waals surface area contributed by atoms with Crippen LogP contribution in [0.1, 0.15) is 12.7 Å². The number of aromatic nitrogens is 2. The van der Waals surface area contributed by atoms with Crippen LogP contribution in [0.2, 0.25) is 0 Å². The number of anilines is 2. The minimum atomic E-state index is 0.765. The molecular formula is C12H10Br3N3. The summed E-state index contributed by atoms with van der Waals surface area (Å²) in [5.41, 5.74) is 0.949. The Morgan fingerprint density at radius 3 is 2.39 bits per heavy atom. The first-order valence-electron chi connectivity index (χ1n) is 5.34. The third kappa shape index (κ3) is 3.30. The molecule has 0 amide bonds. The van der Waals surface area contributed by atoms with Crippen molar-refractivity contribution in [1.29, 1.82) is 0 Å². The zero-order chi connectivity index (χ0) is 13.1. The van der Waals surface area contributed by atoms with Crippen molar-refractivity contribution in [2.45, 2.75) is 13.3 Å². The quantitative estimate of drug-likeness (QED) is 0.684. The van der Waals surface area contributed by atoms with Gasteiger partial charge in [0.15, 0.2) is 0 Å². The summed E-state index contributed by atoms with van der Waals surface area (Å²) >= 11 is 10.4. The lowest BCUT2D eigenvalue weighted by Crippen LogP contribution is -2.00. The molecule has 1 aromatic heterocycles. The third-order valence-corrected chi connectivity index (χ3v) is 4.00. The van der Waals surface area contributed by atoms with E-state index in [9.17, 15) is 0 Å². The van der Waals surface area contributed by atoms with Crippen LogP contribution in [0.4, 0.5) is 11.5 Å². The Kier molecular flexibility index (Phi) is 4.75. The van der Waals surface area contributed by atoms with Crippen molar-refractivity contribution < 1.29 is 0 Å². The molecule has 18 heavy (non-hydrogen) atoms. The molecule has 0 aliphatic rings. The first-order chi connectivity index (χ1) is 8.60. The Morgan fingerprint density at radius 2 is 1.78 bits per heavy atom. The normalized spacial score (nSPS) is 10.4. The van der Waals surface area contributed by atoms with Crippen LogP contribution in [0.15, 0.2) is 37.8 Å². The fraction of sp³-hybridized carbons (Fsp3) is 0.167. The van der Waals surface area contributed by atoms with Gasteiger partial charge in [-0.15, -0.1) is 0 Å². The van der Waals surface area contributed by atoms with Gasteiger partial charge in [0, 0.05) is 21.4 Å². The summed E-state index contributed by atoms with van der Waals surface area (Å²) in [5.74, 6) is 1.57. The van der Waals surface area contributed by atoms with Crippen molar-refractivity contribution in [3.8, 4) is 0 Å². The molecule has 0 radical (unpaired) electrons. The average Bonchev–Trinajstić information content (AvgIpc) is 2.33. The van der Waals surface area contributed by atoms with Crippen LogP contribution in [0.3, 0.4) is 0 Å². The number of rotatable bonds is 3. The van der Waals surface area contributed by atoms with Gasteiger partial charge >= 0.3 is 0 Å². The van der Waals surface area contributed by atoms with E-state index in [0.29, 0.717) is 0 Å². The van der Waals surface area contributed by atoms with Crippen molar-refractivity contribution in [2.24, 2.45) is 0 Å². The summed E-state index contributed by atoms with van der Waals surface area (Å²) in [6.45, 7) is 2.03. The summed E-state index contributed by atoms with van der Waals surface area (Å²) < 4.78 is 2.73. The van der Waals surface area contributed by atoms with E-state index in [-0.39, 0.29) is 0 Å². The predicted molar refractivity (Wildman–Crippen MR) is 84.2 cm³/mol. The molecule has 0 spiro atoms. The highest BCUT2D eigenvalue weighted by Crippen LogP contribution is 2.32. The Balaban J connectivity index is 2.37. The lowest BCUT2D eigenvalue weighted by molar-refractivity contribution is 0.931. The molecule has 6 heteroatoms. The Labute approximate surface area is 131 Å². The molecule has 0 aliphatic carbocycles. The molecule has 1 heterocycles. The minimum Gasteiger partial charge on any atom is -0.338 e. The summed E-state index contributed by atoms with van der Waals surface area (Å²) in [7, 11) is 0. The largest absolute Gasteiger partial charge is 0.338 e. The number of nitrogens with one attached hydrogen (secondary N) is 1. The molecule has 94 valence electrons. The van der Waals surface area contributed by atoms with Crippen LogP contribution in [-0.2, 0) is 6.42 Å². The second kappa shape index (κ2) is 6.12. The Hall–Kier alpha value is -0.460. The highest BCUT2D eigenvalue weighted by Gasteiger charge is 2.07. The molecule has 2 rings (SSSR count). The molecule has 0 bridgehead atoms. The van der Waals surface area contributed by atoms with Crippen LogP contribution < -0.4 is 5.32 Å². The van der Waals surface area contributed by atoms with Gasteiger partial charge in [-0.05, 0) is 59.9 Å². The van der Waals surface area contributed by atoms with E-state index in [2.05, 4.69) is 63.1 Å². The minimum absolute atomic E-state index is 0.765. The summed E-state index contributed by atoms with van der Waals surface area (Å²) in [5, 5.41) is 3.28. The molecule has 0 saturated heterocycles. The van der Waals surface area contributed by atoms with E-state index in [0.717, 1.165) is 37.3 Å². The van der Waals surface area contributed by atoms with E-state index in [1.54, 1.807) is 0 Å². The first kappa shape index (κ1) is 14.0. The van der Waals surface area contributed by atoms with Crippen LogP contribution in [0.25, 0.3) is 0 Å². The lowest BCUT2D eigenvalue weighted by atomic mass is 10.3. The number of aryl methyl sites for hydroxylation is 1. The monoisotopic (exact) mass is 433 g/mol. The molecule has 0 aliphatic heterocycles. The molecule has 0 atom stereocenters. The molecule has 0 fully saturated rings. The van der Waals surface area contributed by atoms with E-state index >= 15 is 0 Å². The molecule has 2 aromatic rings. The van der Waals surface area contributed by atoms with Gasteiger partial charge in [-0.25, -0.2) is 9.97 Å². The Morgan fingerprint density at radius 1 is 1.11 bits per heavy atom. The van der Waals surface area contributed by atoms with Gasteiger partial charge in [-0.1, -0.05) is 13.0 Å². The maximum atomic E-state index is 4.44. The second-order valence-corrected chi connectivity index (χ2v) is 6.09. The molecular weight excluding hydrogens is 426 g/mol. The zero-order valence-electron chi connectivity index (χ0n) is 9.54. The van der Waals surface area contributed by atoms with Crippen LogP contribution in [-0.4, -0.2) is 9.97 Å². The molecule has 1 aromatic carbocycles. The number of hydrogen-bond donors (Lipinski definition) is 1. The van der Waals surface area contributed by atoms with Gasteiger partial charge in [-0.3, -0.25) is 0 Å². The van der Waals surface area contributed by atoms with Gasteiger partial charge in [0.05, 0.1) is 5.69 Å². The van der Waals surface area contributed by atoms with E-state index < -0.39 is 0 Å². The van der Waals surface area contributed by atoms with Crippen molar-refractivity contribution in [3.05, 3.63) is 43.6 Å². The van der Waals surface area contributed by atoms with Crippen molar-refractivity contribution >= 4 is 59.3 Å². The zero-order valence-corrected chi connectivity index (χ0v) is 14.3. The highest BCUT2D eigenvalue weighted by atomic mass is 79.9. The first-order valence-corrected chi connectivity index (χ1v) is 7.72. The number of benzene rings is 1. The molecule has 1 N–H and O–H groups in total. The van der Waals surface area contributed by atoms with Crippen LogP contribution in [0.5, 0.6) is 0 Å². The predicted octanol–water partition coefficient (Wildman–Crippen LogP) is 5.07. The van der Waals surface area contributed by atoms with Crippen LogP contribution in [0, 0.1) is 0 Å². The van der Waals surface area contributed by atoms with Gasteiger partial charge in [0.2, 0.25) is 0 Å². The maximum Gasteiger partial charge on any atom is 0.135 e. The second-order valence-electron chi connectivity index (χ2n) is 3.57. The maximum absolute atomic E-state index is 4.44. The van der Waals surface area contributed by atoms with E-state index in [1.165, 1.54) is 0 Å². The smallest absolute Gasteiger partial charge is 0.135 e. The van der Waals surface area contributed by atoms with Gasteiger partial charge < -0.3 is 5.32 Å². The van der Waals surface area contributed by atoms with E-state index in [1.807, 2.05) is 31.2 Å². The molecule has 0 saturated carbocycles. The molecule has 0 unspecified atom stereocenters. The number of halogens is 3. The average molecular weight is 436 g/mol. The van der Waals surface area contributed by atoms with Gasteiger partial charge in [-0.2, -0.15) is 0 Å². The number of hydrogen-bond acceptors (Lipinski definition) is 3. The van der Waals surface area contributed by atoms with Crippen molar-refractivity contribution in [1.82, 2.24) is 9.97 Å². The Bertz CT molecular complexity index is 552. The summed E-state index contributed by atoms with van der Waals surface area (Å²) in [4.78, 5) is 8.72.